The first kappa shape index (κ1) is 22.2. The molecule has 1 aliphatic rings. The van der Waals surface area contributed by atoms with Crippen molar-refractivity contribution >= 4 is 33.6 Å². The Balaban J connectivity index is 1.76. The molecule has 1 fully saturated rings. The van der Waals surface area contributed by atoms with Crippen LogP contribution in [-0.2, 0) is 9.53 Å². The van der Waals surface area contributed by atoms with Crippen LogP contribution in [0.5, 0.6) is 5.75 Å². The standard InChI is InChI=1S/C29H29NO4/c1-3-33-29(32)26-19(2)30(21-14-8-5-9-15-21)27-23-17-11-10-16-22(23)25(18-24(26)27)34-28(31)20-12-6-4-7-13-20/h5,8-11,14-18,20H,3-4,6-7,12-13H2,1-2H3. The first-order chi connectivity index (χ1) is 16.6. The molecule has 0 saturated heterocycles. The molecule has 0 unspecified atom stereocenters. The van der Waals surface area contributed by atoms with Gasteiger partial charge >= 0.3 is 11.9 Å². The summed E-state index contributed by atoms with van der Waals surface area (Å²) in [7, 11) is 0. The molecule has 1 heterocycles. The second-order valence-corrected chi connectivity index (χ2v) is 8.92. The van der Waals surface area contributed by atoms with Crippen molar-refractivity contribution in [3.8, 4) is 11.4 Å². The van der Waals surface area contributed by atoms with Crippen molar-refractivity contribution in [3.63, 3.8) is 0 Å². The average Bonchev–Trinajstić information content (AvgIpc) is 3.17. The number of esters is 2. The SMILES string of the molecule is CCOC(=O)c1c(C)n(-c2ccccc2)c2c1cc(OC(=O)C1CCCCC1)c1ccccc12. The molecule has 0 radical (unpaired) electrons. The van der Waals surface area contributed by atoms with E-state index in [1.807, 2.05) is 67.6 Å². The number of rotatable bonds is 5. The lowest BCUT2D eigenvalue weighted by Crippen LogP contribution is -2.22. The zero-order valence-corrected chi connectivity index (χ0v) is 19.7. The minimum atomic E-state index is -0.375. The smallest absolute Gasteiger partial charge is 0.340 e. The van der Waals surface area contributed by atoms with E-state index in [0.29, 0.717) is 11.3 Å². The molecular formula is C29H29NO4. The van der Waals surface area contributed by atoms with Crippen molar-refractivity contribution in [2.24, 2.45) is 5.92 Å². The monoisotopic (exact) mass is 455 g/mol. The summed E-state index contributed by atoms with van der Waals surface area (Å²) < 4.78 is 13.6. The quantitative estimate of drug-likeness (QED) is 0.247. The van der Waals surface area contributed by atoms with E-state index in [2.05, 4.69) is 4.57 Å². The molecule has 34 heavy (non-hydrogen) atoms. The molecule has 1 aromatic heterocycles. The summed E-state index contributed by atoms with van der Waals surface area (Å²) in [5.74, 6) is -0.126. The fourth-order valence-corrected chi connectivity index (χ4v) is 5.21. The molecule has 5 heteroatoms. The van der Waals surface area contributed by atoms with E-state index in [1.54, 1.807) is 6.92 Å². The van der Waals surface area contributed by atoms with Gasteiger partial charge in [0.25, 0.3) is 0 Å². The highest BCUT2D eigenvalue weighted by molar-refractivity contribution is 6.17. The molecular weight excluding hydrogens is 426 g/mol. The topological polar surface area (TPSA) is 57.5 Å². The first-order valence-corrected chi connectivity index (χ1v) is 12.1. The second-order valence-electron chi connectivity index (χ2n) is 8.92. The predicted molar refractivity (Wildman–Crippen MR) is 134 cm³/mol. The minimum absolute atomic E-state index is 0.0663. The van der Waals surface area contributed by atoms with E-state index in [1.165, 1.54) is 6.42 Å². The van der Waals surface area contributed by atoms with Crippen LogP contribution in [0.3, 0.4) is 0 Å². The molecule has 0 spiro atoms. The number of carbonyl (C=O) groups excluding carboxylic acids is 2. The van der Waals surface area contributed by atoms with Crippen molar-refractivity contribution in [1.82, 2.24) is 4.57 Å². The molecule has 174 valence electrons. The van der Waals surface area contributed by atoms with E-state index < -0.39 is 0 Å². The van der Waals surface area contributed by atoms with Gasteiger partial charge in [0.1, 0.15) is 5.75 Å². The lowest BCUT2D eigenvalue weighted by atomic mass is 9.89. The lowest BCUT2D eigenvalue weighted by molar-refractivity contribution is -0.139. The summed E-state index contributed by atoms with van der Waals surface area (Å²) in [5, 5.41) is 2.50. The molecule has 5 rings (SSSR count). The zero-order valence-electron chi connectivity index (χ0n) is 19.7. The number of ether oxygens (including phenoxy) is 2. The maximum absolute atomic E-state index is 13.1. The summed E-state index contributed by atoms with van der Waals surface area (Å²) >= 11 is 0. The first-order valence-electron chi connectivity index (χ1n) is 12.1. The Kier molecular flexibility index (Phi) is 6.10. The Morgan fingerprint density at radius 1 is 0.912 bits per heavy atom. The largest absolute Gasteiger partial charge is 0.462 e. The number of carbonyl (C=O) groups is 2. The van der Waals surface area contributed by atoms with Crippen molar-refractivity contribution < 1.29 is 19.1 Å². The van der Waals surface area contributed by atoms with Gasteiger partial charge in [0, 0.05) is 27.5 Å². The van der Waals surface area contributed by atoms with Crippen molar-refractivity contribution in [1.29, 1.82) is 0 Å². The summed E-state index contributed by atoms with van der Waals surface area (Å²) in [6, 6.07) is 19.7. The zero-order chi connectivity index (χ0) is 23.7. The molecule has 5 nitrogen and oxygen atoms in total. The molecule has 0 amide bonds. The summed E-state index contributed by atoms with van der Waals surface area (Å²) in [6.45, 7) is 4.02. The van der Waals surface area contributed by atoms with E-state index >= 15 is 0 Å². The van der Waals surface area contributed by atoms with E-state index in [-0.39, 0.29) is 24.5 Å². The molecule has 0 bridgehead atoms. The third-order valence-electron chi connectivity index (χ3n) is 6.81. The maximum Gasteiger partial charge on any atom is 0.340 e. The molecule has 1 saturated carbocycles. The highest BCUT2D eigenvalue weighted by Gasteiger charge is 2.27. The number of nitrogens with zero attached hydrogens (tertiary/aromatic N) is 1. The van der Waals surface area contributed by atoms with Crippen molar-refractivity contribution in [2.75, 3.05) is 6.61 Å². The van der Waals surface area contributed by atoms with Gasteiger partial charge in [-0.25, -0.2) is 4.79 Å². The van der Waals surface area contributed by atoms with Gasteiger partial charge in [-0.3, -0.25) is 4.79 Å². The summed E-state index contributed by atoms with van der Waals surface area (Å²) in [6.07, 6.45) is 5.04. The van der Waals surface area contributed by atoms with Crippen LogP contribution in [0.4, 0.5) is 0 Å². The number of benzene rings is 3. The van der Waals surface area contributed by atoms with Crippen molar-refractivity contribution in [2.45, 2.75) is 46.0 Å². The number of aromatic nitrogens is 1. The van der Waals surface area contributed by atoms with Crippen LogP contribution < -0.4 is 4.74 Å². The minimum Gasteiger partial charge on any atom is -0.462 e. The highest BCUT2D eigenvalue weighted by Crippen LogP contribution is 2.40. The summed E-state index contributed by atoms with van der Waals surface area (Å²) in [5.41, 5.74) is 3.15. The van der Waals surface area contributed by atoms with Crippen LogP contribution in [0.2, 0.25) is 0 Å². The molecule has 1 aliphatic carbocycles. The number of hydrogen-bond donors (Lipinski definition) is 0. The van der Waals surface area contributed by atoms with Gasteiger partial charge in [-0.05, 0) is 44.9 Å². The van der Waals surface area contributed by atoms with Crippen LogP contribution >= 0.6 is 0 Å². The van der Waals surface area contributed by atoms with Gasteiger partial charge in [0.05, 0.1) is 23.6 Å². The third kappa shape index (κ3) is 3.85. The van der Waals surface area contributed by atoms with E-state index in [9.17, 15) is 9.59 Å². The van der Waals surface area contributed by atoms with Crippen LogP contribution in [0, 0.1) is 12.8 Å². The lowest BCUT2D eigenvalue weighted by Gasteiger charge is -2.20. The van der Waals surface area contributed by atoms with Crippen molar-refractivity contribution in [3.05, 3.63) is 71.9 Å². The Morgan fingerprint density at radius 2 is 1.59 bits per heavy atom. The molecule has 4 aromatic rings. The third-order valence-corrected chi connectivity index (χ3v) is 6.81. The number of hydrogen-bond acceptors (Lipinski definition) is 4. The van der Waals surface area contributed by atoms with Gasteiger partial charge in [-0.15, -0.1) is 0 Å². The predicted octanol–water partition coefficient (Wildman–Crippen LogP) is 6.75. The molecule has 0 N–H and O–H groups in total. The highest BCUT2D eigenvalue weighted by atomic mass is 16.5. The summed E-state index contributed by atoms with van der Waals surface area (Å²) in [4.78, 5) is 26.1. The van der Waals surface area contributed by atoms with Gasteiger partial charge in [-0.2, -0.15) is 0 Å². The Labute approximate surface area is 199 Å². The fourth-order valence-electron chi connectivity index (χ4n) is 5.21. The molecule has 0 aliphatic heterocycles. The van der Waals surface area contributed by atoms with Gasteiger partial charge < -0.3 is 14.0 Å². The number of para-hydroxylation sites is 1. The van der Waals surface area contributed by atoms with Crippen LogP contribution in [0.1, 0.15) is 55.1 Å². The van der Waals surface area contributed by atoms with Gasteiger partial charge in [0.15, 0.2) is 0 Å². The average molecular weight is 456 g/mol. The number of fused-ring (bicyclic) bond motifs is 3. The fraction of sp³-hybridized carbons (Fsp3) is 0.310. The Hall–Kier alpha value is -3.60. The van der Waals surface area contributed by atoms with Crippen LogP contribution in [0.15, 0.2) is 60.7 Å². The molecule has 0 atom stereocenters. The Morgan fingerprint density at radius 3 is 2.29 bits per heavy atom. The van der Waals surface area contributed by atoms with Crippen LogP contribution in [-0.4, -0.2) is 23.1 Å². The Bertz CT molecular complexity index is 1360. The van der Waals surface area contributed by atoms with E-state index in [0.717, 1.165) is 58.7 Å². The molecule has 3 aromatic carbocycles. The van der Waals surface area contributed by atoms with E-state index in [4.69, 9.17) is 9.47 Å². The maximum atomic E-state index is 13.1. The van der Waals surface area contributed by atoms with Gasteiger partial charge in [-0.1, -0.05) is 61.7 Å². The van der Waals surface area contributed by atoms with Gasteiger partial charge in [0.2, 0.25) is 0 Å². The second kappa shape index (κ2) is 9.34. The normalized spacial score (nSPS) is 14.4. The van der Waals surface area contributed by atoms with Crippen LogP contribution in [0.25, 0.3) is 27.4 Å².